The number of hydrogen-bond donors (Lipinski definition) is 1. The molecule has 0 saturated carbocycles. The number of rotatable bonds is 18. The number of unbranched alkanes of at least 4 members (excludes halogenated alkanes) is 8. The van der Waals surface area contributed by atoms with E-state index in [4.69, 9.17) is 4.74 Å². The number of carbonyl (C=O) groups is 2. The van der Waals surface area contributed by atoms with Gasteiger partial charge in [0.2, 0.25) is 0 Å². The lowest BCUT2D eigenvalue weighted by Crippen LogP contribution is -2.11. The first kappa shape index (κ1) is 32.0. The van der Waals surface area contributed by atoms with Crippen LogP contribution in [0.3, 0.4) is 0 Å². The number of carbonyl (C=O) groups excluding carboxylic acids is 1. The SMILES string of the molecule is CCCCCCCCOc1ccc(-c2ccc(C(=O)O)cc2)c(-c2ccc(C(=O)C(C)CCCCCC)cc2F)c1. The maximum Gasteiger partial charge on any atom is 0.335 e. The second-order valence-corrected chi connectivity index (χ2v) is 11.0. The fraction of sp³-hybridized carbons (Fsp3) is 0.444. The molecule has 0 fully saturated rings. The molecule has 1 N–H and O–H groups in total. The van der Waals surface area contributed by atoms with E-state index >= 15 is 4.39 Å². The molecule has 0 radical (unpaired) electrons. The Hall–Kier alpha value is -3.47. The number of ether oxygens (including phenoxy) is 1. The van der Waals surface area contributed by atoms with Gasteiger partial charge < -0.3 is 9.84 Å². The Morgan fingerprint density at radius 3 is 2.00 bits per heavy atom. The van der Waals surface area contributed by atoms with E-state index in [0.29, 0.717) is 29.0 Å². The fourth-order valence-electron chi connectivity index (χ4n) is 5.13. The molecule has 0 bridgehead atoms. The van der Waals surface area contributed by atoms with E-state index in [0.717, 1.165) is 56.1 Å². The predicted molar refractivity (Wildman–Crippen MR) is 165 cm³/mol. The number of hydrogen-bond acceptors (Lipinski definition) is 3. The molecule has 0 aromatic heterocycles. The third-order valence-electron chi connectivity index (χ3n) is 7.68. The number of aromatic carboxylic acids is 1. The van der Waals surface area contributed by atoms with Gasteiger partial charge in [-0.15, -0.1) is 0 Å². The van der Waals surface area contributed by atoms with Gasteiger partial charge in [0.1, 0.15) is 11.6 Å². The first-order valence-electron chi connectivity index (χ1n) is 15.3. The summed E-state index contributed by atoms with van der Waals surface area (Å²) in [7, 11) is 0. The highest BCUT2D eigenvalue weighted by molar-refractivity contribution is 5.98. The Morgan fingerprint density at radius 1 is 0.732 bits per heavy atom. The van der Waals surface area contributed by atoms with E-state index < -0.39 is 11.8 Å². The van der Waals surface area contributed by atoms with Crippen LogP contribution in [0.5, 0.6) is 5.75 Å². The highest BCUT2D eigenvalue weighted by Gasteiger charge is 2.19. The van der Waals surface area contributed by atoms with Gasteiger partial charge in [0, 0.05) is 17.0 Å². The second kappa shape index (κ2) is 16.7. The highest BCUT2D eigenvalue weighted by Crippen LogP contribution is 2.37. The summed E-state index contributed by atoms with van der Waals surface area (Å²) >= 11 is 0. The van der Waals surface area contributed by atoms with Crippen LogP contribution in [0, 0.1) is 11.7 Å². The van der Waals surface area contributed by atoms with E-state index in [2.05, 4.69) is 13.8 Å². The number of Topliss-reactive ketones (excluding diaryl/α,β-unsaturated/α-hetero) is 1. The summed E-state index contributed by atoms with van der Waals surface area (Å²) in [4.78, 5) is 24.4. The van der Waals surface area contributed by atoms with Crippen molar-refractivity contribution < 1.29 is 23.8 Å². The van der Waals surface area contributed by atoms with Crippen LogP contribution in [0.2, 0.25) is 0 Å². The number of ketones is 1. The van der Waals surface area contributed by atoms with Crippen LogP contribution in [0.1, 0.15) is 112 Å². The van der Waals surface area contributed by atoms with Crippen molar-refractivity contribution in [3.63, 3.8) is 0 Å². The van der Waals surface area contributed by atoms with Crippen LogP contribution < -0.4 is 4.74 Å². The largest absolute Gasteiger partial charge is 0.494 e. The molecule has 0 aliphatic heterocycles. The number of carboxylic acids is 1. The van der Waals surface area contributed by atoms with Crippen molar-refractivity contribution >= 4 is 11.8 Å². The Kier molecular flexibility index (Phi) is 13.1. The fourth-order valence-corrected chi connectivity index (χ4v) is 5.13. The quantitative estimate of drug-likeness (QED) is 0.124. The third kappa shape index (κ3) is 9.55. The van der Waals surface area contributed by atoms with Crippen molar-refractivity contribution in [1.29, 1.82) is 0 Å². The summed E-state index contributed by atoms with van der Waals surface area (Å²) in [6.45, 7) is 6.87. The summed E-state index contributed by atoms with van der Waals surface area (Å²) in [6.07, 6.45) is 12.2. The van der Waals surface area contributed by atoms with Crippen LogP contribution in [0.15, 0.2) is 60.7 Å². The normalized spacial score (nSPS) is 11.8. The molecule has 4 nitrogen and oxygen atoms in total. The first-order valence-corrected chi connectivity index (χ1v) is 15.3. The highest BCUT2D eigenvalue weighted by atomic mass is 19.1. The molecule has 1 atom stereocenters. The van der Waals surface area contributed by atoms with Gasteiger partial charge in [-0.1, -0.05) is 109 Å². The molecule has 0 spiro atoms. The minimum atomic E-state index is -0.999. The Bertz CT molecular complexity index is 1270. The van der Waals surface area contributed by atoms with Gasteiger partial charge in [0.25, 0.3) is 0 Å². The molecule has 3 aromatic rings. The van der Waals surface area contributed by atoms with E-state index in [1.807, 2.05) is 25.1 Å². The third-order valence-corrected chi connectivity index (χ3v) is 7.68. The van der Waals surface area contributed by atoms with Crippen molar-refractivity contribution in [3.05, 3.63) is 77.6 Å². The van der Waals surface area contributed by atoms with Crippen molar-refractivity contribution in [2.45, 2.75) is 91.4 Å². The topological polar surface area (TPSA) is 63.6 Å². The van der Waals surface area contributed by atoms with Crippen LogP contribution in [-0.2, 0) is 0 Å². The van der Waals surface area contributed by atoms with Crippen molar-refractivity contribution in [2.24, 2.45) is 5.92 Å². The molecule has 3 rings (SSSR count). The van der Waals surface area contributed by atoms with Gasteiger partial charge in [0.15, 0.2) is 5.78 Å². The van der Waals surface area contributed by atoms with Gasteiger partial charge in [-0.3, -0.25) is 4.79 Å². The Morgan fingerprint density at radius 2 is 1.34 bits per heavy atom. The molecule has 1 unspecified atom stereocenters. The minimum absolute atomic E-state index is 0.0348. The molecular weight excluding hydrogens is 515 g/mol. The van der Waals surface area contributed by atoms with Crippen LogP contribution in [0.4, 0.5) is 4.39 Å². The molecule has 220 valence electrons. The number of benzene rings is 3. The molecule has 5 heteroatoms. The monoisotopic (exact) mass is 560 g/mol. The lowest BCUT2D eigenvalue weighted by Gasteiger charge is -2.16. The van der Waals surface area contributed by atoms with E-state index in [1.165, 1.54) is 31.7 Å². The molecule has 41 heavy (non-hydrogen) atoms. The second-order valence-electron chi connectivity index (χ2n) is 11.0. The average molecular weight is 561 g/mol. The van der Waals surface area contributed by atoms with Crippen LogP contribution in [-0.4, -0.2) is 23.5 Å². The Labute approximate surface area is 245 Å². The zero-order valence-corrected chi connectivity index (χ0v) is 24.9. The van der Waals surface area contributed by atoms with Crippen molar-refractivity contribution in [3.8, 4) is 28.0 Å². The minimum Gasteiger partial charge on any atom is -0.494 e. The Balaban J connectivity index is 1.86. The van der Waals surface area contributed by atoms with Gasteiger partial charge in [-0.25, -0.2) is 9.18 Å². The predicted octanol–water partition coefficient (Wildman–Crippen LogP) is 10.4. The zero-order chi connectivity index (χ0) is 29.6. The standard InChI is InChI=1S/C36H45FO4/c1-4-6-8-10-11-13-23-41-30-20-22-31(27-15-17-28(18-16-27)36(39)40)33(25-30)32-21-19-29(24-34(32)37)35(38)26(3)14-12-9-7-5-2/h15-22,24-26H,4-14,23H2,1-3H3,(H,39,40). The zero-order valence-electron chi connectivity index (χ0n) is 24.9. The molecule has 3 aromatic carbocycles. The summed E-state index contributed by atoms with van der Waals surface area (Å²) in [5.74, 6) is -1.00. The molecule has 0 saturated heterocycles. The van der Waals surface area contributed by atoms with E-state index in [1.54, 1.807) is 36.4 Å². The summed E-state index contributed by atoms with van der Waals surface area (Å²) < 4.78 is 21.7. The lowest BCUT2D eigenvalue weighted by molar-refractivity contribution is 0.0696. The van der Waals surface area contributed by atoms with Crippen molar-refractivity contribution in [1.82, 2.24) is 0 Å². The average Bonchev–Trinajstić information content (AvgIpc) is 2.98. The van der Waals surface area contributed by atoms with E-state index in [-0.39, 0.29) is 17.3 Å². The van der Waals surface area contributed by atoms with Crippen LogP contribution >= 0.6 is 0 Å². The first-order chi connectivity index (χ1) is 19.8. The molecule has 0 aliphatic rings. The van der Waals surface area contributed by atoms with Gasteiger partial charge in [-0.05, 0) is 59.9 Å². The maximum atomic E-state index is 15.7. The smallest absolute Gasteiger partial charge is 0.335 e. The van der Waals surface area contributed by atoms with Gasteiger partial charge in [-0.2, -0.15) is 0 Å². The maximum absolute atomic E-state index is 15.7. The molecule has 0 amide bonds. The van der Waals surface area contributed by atoms with Gasteiger partial charge in [0.05, 0.1) is 12.2 Å². The summed E-state index contributed by atoms with van der Waals surface area (Å²) in [5, 5.41) is 9.30. The van der Waals surface area contributed by atoms with Crippen molar-refractivity contribution in [2.75, 3.05) is 6.61 Å². The number of carboxylic acid groups (broad SMARTS) is 1. The lowest BCUT2D eigenvalue weighted by atomic mass is 9.90. The van der Waals surface area contributed by atoms with Crippen LogP contribution in [0.25, 0.3) is 22.3 Å². The molecule has 0 aliphatic carbocycles. The summed E-state index contributed by atoms with van der Waals surface area (Å²) in [6, 6.07) is 16.9. The number of halogens is 1. The molecule has 0 heterocycles. The summed E-state index contributed by atoms with van der Waals surface area (Å²) in [5.41, 5.74) is 3.12. The van der Waals surface area contributed by atoms with Gasteiger partial charge >= 0.3 is 5.97 Å². The molecular formula is C36H45FO4. The van der Waals surface area contributed by atoms with E-state index in [9.17, 15) is 14.7 Å².